The standard InChI is InChI=1S/C19H17IN2O3/c1-12-18(13(2)25-22-12)11-24-17-9-3-14(4-10-17)19(23)21-16-7-5-15(20)6-8-16/h3-10H,11H2,1-2H3,(H,21,23). The molecule has 0 radical (unpaired) electrons. The predicted molar refractivity (Wildman–Crippen MR) is 104 cm³/mol. The van der Waals surface area contributed by atoms with Crippen LogP contribution in [-0.4, -0.2) is 11.1 Å². The molecule has 0 aliphatic rings. The number of benzene rings is 2. The molecule has 128 valence electrons. The number of nitrogens with one attached hydrogen (secondary N) is 1. The number of hydrogen-bond acceptors (Lipinski definition) is 4. The summed E-state index contributed by atoms with van der Waals surface area (Å²) < 4.78 is 12.0. The van der Waals surface area contributed by atoms with Gasteiger partial charge in [-0.05, 0) is 85.0 Å². The van der Waals surface area contributed by atoms with E-state index in [0.717, 1.165) is 26.3 Å². The Bertz CT molecular complexity index is 851. The van der Waals surface area contributed by atoms with Crippen LogP contribution in [0.15, 0.2) is 53.1 Å². The van der Waals surface area contributed by atoms with Crippen molar-refractivity contribution < 1.29 is 14.1 Å². The highest BCUT2D eigenvalue weighted by Crippen LogP contribution is 2.19. The van der Waals surface area contributed by atoms with Crippen molar-refractivity contribution in [1.29, 1.82) is 0 Å². The van der Waals surface area contributed by atoms with Crippen LogP contribution in [0.4, 0.5) is 5.69 Å². The Morgan fingerprint density at radius 2 is 1.80 bits per heavy atom. The molecule has 3 rings (SSSR count). The highest BCUT2D eigenvalue weighted by atomic mass is 127. The van der Waals surface area contributed by atoms with Crippen molar-refractivity contribution >= 4 is 34.2 Å². The maximum Gasteiger partial charge on any atom is 0.255 e. The number of amides is 1. The molecule has 0 saturated carbocycles. The molecule has 0 unspecified atom stereocenters. The highest BCUT2D eigenvalue weighted by Gasteiger charge is 2.10. The molecule has 5 nitrogen and oxygen atoms in total. The lowest BCUT2D eigenvalue weighted by Crippen LogP contribution is -2.11. The molecule has 0 fully saturated rings. The van der Waals surface area contributed by atoms with Crippen molar-refractivity contribution in [2.45, 2.75) is 20.5 Å². The van der Waals surface area contributed by atoms with Gasteiger partial charge in [0.2, 0.25) is 0 Å². The zero-order chi connectivity index (χ0) is 17.8. The van der Waals surface area contributed by atoms with Crippen LogP contribution in [0.25, 0.3) is 0 Å². The zero-order valence-electron chi connectivity index (χ0n) is 13.9. The first-order chi connectivity index (χ1) is 12.0. The fourth-order valence-electron chi connectivity index (χ4n) is 2.30. The second-order valence-electron chi connectivity index (χ2n) is 5.58. The minimum Gasteiger partial charge on any atom is -0.489 e. The number of carbonyl (C=O) groups is 1. The summed E-state index contributed by atoms with van der Waals surface area (Å²) in [6.45, 7) is 4.12. The minimum absolute atomic E-state index is 0.154. The van der Waals surface area contributed by atoms with Crippen molar-refractivity contribution in [2.24, 2.45) is 0 Å². The van der Waals surface area contributed by atoms with Gasteiger partial charge < -0.3 is 14.6 Å². The lowest BCUT2D eigenvalue weighted by molar-refractivity contribution is 0.102. The summed E-state index contributed by atoms with van der Waals surface area (Å²) in [7, 11) is 0. The number of hydrogen-bond donors (Lipinski definition) is 1. The Labute approximate surface area is 159 Å². The van der Waals surface area contributed by atoms with Gasteiger partial charge in [0.25, 0.3) is 5.91 Å². The number of aryl methyl sites for hydroxylation is 2. The lowest BCUT2D eigenvalue weighted by atomic mass is 10.2. The fraction of sp³-hybridized carbons (Fsp3) is 0.158. The van der Waals surface area contributed by atoms with Crippen molar-refractivity contribution in [3.63, 3.8) is 0 Å². The number of carbonyl (C=O) groups excluding carboxylic acids is 1. The van der Waals surface area contributed by atoms with Gasteiger partial charge >= 0.3 is 0 Å². The van der Waals surface area contributed by atoms with Crippen molar-refractivity contribution in [2.75, 3.05) is 5.32 Å². The topological polar surface area (TPSA) is 64.4 Å². The van der Waals surface area contributed by atoms with Crippen LogP contribution in [0.3, 0.4) is 0 Å². The predicted octanol–water partition coefficient (Wildman–Crippen LogP) is 4.73. The molecule has 3 aromatic rings. The van der Waals surface area contributed by atoms with Crippen LogP contribution < -0.4 is 10.1 Å². The van der Waals surface area contributed by atoms with Crippen molar-refractivity contribution in [3.05, 3.63) is 74.7 Å². The summed E-state index contributed by atoms with van der Waals surface area (Å²) >= 11 is 2.22. The SMILES string of the molecule is Cc1noc(C)c1COc1ccc(C(=O)Nc2ccc(I)cc2)cc1. The van der Waals surface area contributed by atoms with Gasteiger partial charge in [-0.15, -0.1) is 0 Å². The highest BCUT2D eigenvalue weighted by molar-refractivity contribution is 14.1. The van der Waals surface area contributed by atoms with Gasteiger partial charge in [-0.1, -0.05) is 5.16 Å². The largest absolute Gasteiger partial charge is 0.489 e. The summed E-state index contributed by atoms with van der Waals surface area (Å²) in [5, 5.41) is 6.77. The number of rotatable bonds is 5. The maximum absolute atomic E-state index is 12.3. The Balaban J connectivity index is 1.61. The third-order valence-corrected chi connectivity index (χ3v) is 4.50. The summed E-state index contributed by atoms with van der Waals surface area (Å²) in [5.74, 6) is 1.29. The van der Waals surface area contributed by atoms with E-state index in [-0.39, 0.29) is 5.91 Å². The molecule has 0 spiro atoms. The average Bonchev–Trinajstić information content (AvgIpc) is 2.93. The molecule has 0 aliphatic carbocycles. The van der Waals surface area contributed by atoms with Gasteiger partial charge in [-0.3, -0.25) is 4.79 Å². The second-order valence-corrected chi connectivity index (χ2v) is 6.82. The number of anilines is 1. The first-order valence-corrected chi connectivity index (χ1v) is 8.82. The maximum atomic E-state index is 12.3. The second kappa shape index (κ2) is 7.69. The zero-order valence-corrected chi connectivity index (χ0v) is 16.0. The molecule has 1 aromatic heterocycles. The normalized spacial score (nSPS) is 10.5. The van der Waals surface area contributed by atoms with Crippen molar-refractivity contribution in [3.8, 4) is 5.75 Å². The number of ether oxygens (including phenoxy) is 1. The molecular weight excluding hydrogens is 431 g/mol. The summed E-state index contributed by atoms with van der Waals surface area (Å²) in [4.78, 5) is 12.3. The third-order valence-electron chi connectivity index (χ3n) is 3.78. The van der Waals surface area contributed by atoms with E-state index in [2.05, 4.69) is 33.1 Å². The van der Waals surface area contributed by atoms with E-state index in [1.165, 1.54) is 0 Å². The van der Waals surface area contributed by atoms with E-state index in [1.54, 1.807) is 24.3 Å². The van der Waals surface area contributed by atoms with Gasteiger partial charge in [0.1, 0.15) is 18.1 Å². The minimum atomic E-state index is -0.154. The van der Waals surface area contributed by atoms with Crippen LogP contribution >= 0.6 is 22.6 Å². The molecule has 0 bridgehead atoms. The van der Waals surface area contributed by atoms with E-state index in [0.29, 0.717) is 17.9 Å². The third kappa shape index (κ3) is 4.39. The van der Waals surface area contributed by atoms with Crippen LogP contribution in [-0.2, 0) is 6.61 Å². The first-order valence-electron chi connectivity index (χ1n) is 7.74. The van der Waals surface area contributed by atoms with Crippen LogP contribution in [0.5, 0.6) is 5.75 Å². The molecule has 25 heavy (non-hydrogen) atoms. The number of nitrogens with zero attached hydrogens (tertiary/aromatic N) is 1. The van der Waals surface area contributed by atoms with Gasteiger partial charge in [0, 0.05) is 14.8 Å². The number of halogens is 1. The van der Waals surface area contributed by atoms with Crippen LogP contribution in [0.2, 0.25) is 0 Å². The van der Waals surface area contributed by atoms with E-state index in [1.807, 2.05) is 38.1 Å². The molecule has 0 saturated heterocycles. The monoisotopic (exact) mass is 448 g/mol. The molecule has 6 heteroatoms. The van der Waals surface area contributed by atoms with Crippen LogP contribution in [0.1, 0.15) is 27.4 Å². The Morgan fingerprint density at radius 1 is 1.12 bits per heavy atom. The quantitative estimate of drug-likeness (QED) is 0.574. The van der Waals surface area contributed by atoms with Crippen molar-refractivity contribution in [1.82, 2.24) is 5.16 Å². The van der Waals surface area contributed by atoms with E-state index in [4.69, 9.17) is 9.26 Å². The van der Waals surface area contributed by atoms with E-state index >= 15 is 0 Å². The van der Waals surface area contributed by atoms with Gasteiger partial charge in [-0.2, -0.15) is 0 Å². The van der Waals surface area contributed by atoms with E-state index in [9.17, 15) is 4.79 Å². The smallest absolute Gasteiger partial charge is 0.255 e. The molecule has 0 aliphatic heterocycles. The molecule has 2 aromatic carbocycles. The first kappa shape index (κ1) is 17.5. The molecule has 1 heterocycles. The Morgan fingerprint density at radius 3 is 2.40 bits per heavy atom. The van der Waals surface area contributed by atoms with Crippen LogP contribution in [0, 0.1) is 17.4 Å². The average molecular weight is 448 g/mol. The number of aromatic nitrogens is 1. The Hall–Kier alpha value is -2.35. The lowest BCUT2D eigenvalue weighted by Gasteiger charge is -2.08. The Kier molecular flexibility index (Phi) is 5.37. The molecule has 0 atom stereocenters. The fourth-order valence-corrected chi connectivity index (χ4v) is 2.66. The van der Waals surface area contributed by atoms with Gasteiger partial charge in [0.15, 0.2) is 0 Å². The summed E-state index contributed by atoms with van der Waals surface area (Å²) in [5.41, 5.74) is 3.11. The molecule has 1 amide bonds. The summed E-state index contributed by atoms with van der Waals surface area (Å²) in [6, 6.07) is 14.7. The molecule has 1 N–H and O–H groups in total. The van der Waals surface area contributed by atoms with E-state index < -0.39 is 0 Å². The van der Waals surface area contributed by atoms with Gasteiger partial charge in [-0.25, -0.2) is 0 Å². The van der Waals surface area contributed by atoms with Gasteiger partial charge in [0.05, 0.1) is 11.3 Å². The summed E-state index contributed by atoms with van der Waals surface area (Å²) in [6.07, 6.45) is 0. The molecular formula is C19H17IN2O3.